The number of hydrogen-bond acceptors (Lipinski definition) is 2. The topological polar surface area (TPSA) is 41.1 Å². The lowest BCUT2D eigenvalue weighted by Gasteiger charge is -2.23. The third-order valence-corrected chi connectivity index (χ3v) is 4.08. The van der Waals surface area contributed by atoms with Crippen LogP contribution in [0.5, 0.6) is 0 Å². The van der Waals surface area contributed by atoms with Crippen LogP contribution >= 0.6 is 27.5 Å². The lowest BCUT2D eigenvalue weighted by molar-refractivity contribution is 0.0926. The Bertz CT molecular complexity index is 464. The van der Waals surface area contributed by atoms with Gasteiger partial charge in [-0.15, -0.1) is 0 Å². The quantitative estimate of drug-likeness (QED) is 0.816. The molecule has 0 bridgehead atoms. The molecule has 1 aromatic carbocycles. The molecule has 1 aromatic rings. The fourth-order valence-corrected chi connectivity index (χ4v) is 2.43. The molecule has 1 fully saturated rings. The Balaban J connectivity index is 2.10. The Morgan fingerprint density at radius 2 is 2.33 bits per heavy atom. The van der Waals surface area contributed by atoms with Crippen molar-refractivity contribution >= 4 is 33.4 Å². The van der Waals surface area contributed by atoms with E-state index in [1.165, 1.54) is 6.07 Å². The van der Waals surface area contributed by atoms with Crippen molar-refractivity contribution in [1.82, 2.24) is 10.6 Å². The normalized spacial score (nSPS) is 19.6. The zero-order valence-electron chi connectivity index (χ0n) is 9.60. The van der Waals surface area contributed by atoms with Crippen LogP contribution in [0.2, 0.25) is 5.02 Å². The van der Waals surface area contributed by atoms with E-state index in [1.807, 2.05) is 0 Å². The van der Waals surface area contributed by atoms with Crippen molar-refractivity contribution in [1.29, 1.82) is 0 Å². The van der Waals surface area contributed by atoms with Crippen molar-refractivity contribution in [3.05, 3.63) is 33.0 Å². The molecule has 0 aromatic heterocycles. The molecule has 3 nitrogen and oxygen atoms in total. The molecule has 0 spiro atoms. The summed E-state index contributed by atoms with van der Waals surface area (Å²) in [7, 11) is 0. The first-order valence-electron chi connectivity index (χ1n) is 5.74. The van der Waals surface area contributed by atoms with Gasteiger partial charge in [-0.05, 0) is 47.4 Å². The first-order valence-corrected chi connectivity index (χ1v) is 6.91. The number of hydrogen-bond donors (Lipinski definition) is 2. The number of rotatable bonds is 2. The molecule has 0 radical (unpaired) electrons. The average Bonchev–Trinajstić information content (AvgIpc) is 2.35. The lowest BCUT2D eigenvalue weighted by atomic mass is 10.1. The van der Waals surface area contributed by atoms with Crippen molar-refractivity contribution in [2.75, 3.05) is 13.1 Å². The maximum absolute atomic E-state index is 13.7. The molecule has 2 rings (SSSR count). The largest absolute Gasteiger partial charge is 0.348 e. The number of carbonyl (C=O) groups excluding carboxylic acids is 1. The van der Waals surface area contributed by atoms with Crippen LogP contribution < -0.4 is 10.6 Å². The Labute approximate surface area is 118 Å². The van der Waals surface area contributed by atoms with E-state index < -0.39 is 11.7 Å². The van der Waals surface area contributed by atoms with Crippen LogP contribution in [0, 0.1) is 5.82 Å². The molecule has 1 amide bonds. The fourth-order valence-electron chi connectivity index (χ4n) is 1.93. The van der Waals surface area contributed by atoms with E-state index >= 15 is 0 Å². The Kier molecular flexibility index (Phi) is 4.59. The molecule has 1 atom stereocenters. The maximum atomic E-state index is 13.7. The molecule has 6 heteroatoms. The number of carbonyl (C=O) groups is 1. The summed E-state index contributed by atoms with van der Waals surface area (Å²) in [6.07, 6.45) is 1.92. The summed E-state index contributed by atoms with van der Waals surface area (Å²) >= 11 is 8.94. The van der Waals surface area contributed by atoms with E-state index in [0.717, 1.165) is 32.0 Å². The first-order chi connectivity index (χ1) is 8.58. The summed E-state index contributed by atoms with van der Waals surface area (Å²) < 4.78 is 14.2. The van der Waals surface area contributed by atoms with Crippen LogP contribution in [0.25, 0.3) is 0 Å². The zero-order chi connectivity index (χ0) is 13.1. The van der Waals surface area contributed by atoms with Gasteiger partial charge in [-0.1, -0.05) is 11.6 Å². The molecule has 0 aliphatic carbocycles. The highest BCUT2D eigenvalue weighted by molar-refractivity contribution is 9.10. The van der Waals surface area contributed by atoms with E-state index in [-0.39, 0.29) is 16.6 Å². The van der Waals surface area contributed by atoms with Gasteiger partial charge in [0.15, 0.2) is 0 Å². The number of halogens is 3. The van der Waals surface area contributed by atoms with Crippen LogP contribution in [0.3, 0.4) is 0 Å². The fraction of sp³-hybridized carbons (Fsp3) is 0.417. The Hall–Kier alpha value is -0.650. The van der Waals surface area contributed by atoms with Gasteiger partial charge in [-0.3, -0.25) is 4.79 Å². The SMILES string of the molecule is O=C(NC1CCCNC1)c1cc(Br)c(Cl)cc1F. The number of piperidine rings is 1. The lowest BCUT2D eigenvalue weighted by Crippen LogP contribution is -2.45. The number of amides is 1. The van der Waals surface area contributed by atoms with Gasteiger partial charge in [0.2, 0.25) is 0 Å². The highest BCUT2D eigenvalue weighted by Crippen LogP contribution is 2.25. The number of benzene rings is 1. The van der Waals surface area contributed by atoms with Gasteiger partial charge in [0.25, 0.3) is 5.91 Å². The minimum absolute atomic E-state index is 0.0110. The van der Waals surface area contributed by atoms with Gasteiger partial charge in [0, 0.05) is 17.1 Å². The minimum atomic E-state index is -0.607. The van der Waals surface area contributed by atoms with Gasteiger partial charge < -0.3 is 10.6 Å². The third-order valence-electron chi connectivity index (χ3n) is 2.89. The average molecular weight is 336 g/mol. The third kappa shape index (κ3) is 3.22. The van der Waals surface area contributed by atoms with Crippen molar-refractivity contribution in [2.45, 2.75) is 18.9 Å². The van der Waals surface area contributed by atoms with Crippen LogP contribution in [-0.2, 0) is 0 Å². The minimum Gasteiger partial charge on any atom is -0.348 e. The molecule has 1 saturated heterocycles. The molecular weight excluding hydrogens is 322 g/mol. The molecule has 98 valence electrons. The van der Waals surface area contributed by atoms with Crippen LogP contribution in [-0.4, -0.2) is 25.0 Å². The second-order valence-corrected chi connectivity index (χ2v) is 5.52. The standard InChI is InChI=1S/C12H13BrClFN2O/c13-9-4-8(11(15)5-10(9)14)12(18)17-7-2-1-3-16-6-7/h4-5,7,16H,1-3,6H2,(H,17,18). The molecule has 1 unspecified atom stereocenters. The van der Waals surface area contributed by atoms with Gasteiger partial charge in [-0.25, -0.2) is 4.39 Å². The summed E-state index contributed by atoms with van der Waals surface area (Å²) in [6.45, 7) is 1.69. The predicted octanol–water partition coefficient (Wildman–Crippen LogP) is 2.72. The maximum Gasteiger partial charge on any atom is 0.254 e. The van der Waals surface area contributed by atoms with Crippen LogP contribution in [0.1, 0.15) is 23.2 Å². The Morgan fingerprint density at radius 3 is 3.00 bits per heavy atom. The smallest absolute Gasteiger partial charge is 0.254 e. The van der Waals surface area contributed by atoms with Crippen LogP contribution in [0.15, 0.2) is 16.6 Å². The number of nitrogens with one attached hydrogen (secondary N) is 2. The van der Waals surface area contributed by atoms with Crippen molar-refractivity contribution in [3.63, 3.8) is 0 Å². The van der Waals surface area contributed by atoms with E-state index in [2.05, 4.69) is 26.6 Å². The molecule has 0 saturated carbocycles. The second-order valence-electron chi connectivity index (χ2n) is 4.26. The predicted molar refractivity (Wildman–Crippen MR) is 72.5 cm³/mol. The van der Waals surface area contributed by atoms with Gasteiger partial charge >= 0.3 is 0 Å². The van der Waals surface area contributed by atoms with Gasteiger partial charge in [0.1, 0.15) is 5.82 Å². The molecule has 1 aliphatic rings. The van der Waals surface area contributed by atoms with Crippen LogP contribution in [0.4, 0.5) is 4.39 Å². The summed E-state index contributed by atoms with van der Waals surface area (Å²) in [5.41, 5.74) is 0.0110. The monoisotopic (exact) mass is 334 g/mol. The van der Waals surface area contributed by atoms with Crippen molar-refractivity contribution < 1.29 is 9.18 Å². The van der Waals surface area contributed by atoms with Crippen molar-refractivity contribution in [2.24, 2.45) is 0 Å². The van der Waals surface area contributed by atoms with E-state index in [0.29, 0.717) is 4.47 Å². The first kappa shape index (κ1) is 13.8. The zero-order valence-corrected chi connectivity index (χ0v) is 11.9. The summed E-state index contributed by atoms with van der Waals surface area (Å²) in [4.78, 5) is 12.0. The Morgan fingerprint density at radius 1 is 1.56 bits per heavy atom. The van der Waals surface area contributed by atoms with Gasteiger partial charge in [-0.2, -0.15) is 0 Å². The molecule has 2 N–H and O–H groups in total. The highest BCUT2D eigenvalue weighted by Gasteiger charge is 2.19. The molecule has 18 heavy (non-hydrogen) atoms. The molecule has 1 heterocycles. The molecule has 1 aliphatic heterocycles. The highest BCUT2D eigenvalue weighted by atomic mass is 79.9. The van der Waals surface area contributed by atoms with Crippen molar-refractivity contribution in [3.8, 4) is 0 Å². The van der Waals surface area contributed by atoms with E-state index in [1.54, 1.807) is 0 Å². The van der Waals surface area contributed by atoms with Gasteiger partial charge in [0.05, 0.1) is 10.6 Å². The van der Waals surface area contributed by atoms with E-state index in [4.69, 9.17) is 11.6 Å². The summed E-state index contributed by atoms with van der Waals surface area (Å²) in [5, 5.41) is 6.26. The molecular formula is C12H13BrClFN2O. The van der Waals surface area contributed by atoms with E-state index in [9.17, 15) is 9.18 Å². The summed E-state index contributed by atoms with van der Waals surface area (Å²) in [6, 6.07) is 2.60. The summed E-state index contributed by atoms with van der Waals surface area (Å²) in [5.74, 6) is -1.01. The second kappa shape index (κ2) is 5.99.